The summed E-state index contributed by atoms with van der Waals surface area (Å²) in [5, 5.41) is 3.96. The van der Waals surface area contributed by atoms with E-state index in [0.717, 1.165) is 11.3 Å². The Labute approximate surface area is 107 Å². The van der Waals surface area contributed by atoms with Crippen molar-refractivity contribution in [2.75, 3.05) is 5.32 Å². The summed E-state index contributed by atoms with van der Waals surface area (Å²) in [6, 6.07) is 12.6. The van der Waals surface area contributed by atoms with Crippen LogP contribution in [0.5, 0.6) is 0 Å². The molecular weight excluding hydrogens is 232 g/mol. The molecule has 17 heavy (non-hydrogen) atoms. The monoisotopic (exact) mass is 246 g/mol. The third kappa shape index (κ3) is 2.98. The van der Waals surface area contributed by atoms with Gasteiger partial charge in [-0.1, -0.05) is 41.9 Å². The highest BCUT2D eigenvalue weighted by atomic mass is 35.5. The number of hydrogen-bond donors (Lipinski definition) is 1. The zero-order valence-corrected chi connectivity index (χ0v) is 10.7. The molecule has 0 bridgehead atoms. The number of aromatic nitrogens is 1. The Bertz CT molecular complexity index is 497. The number of hydrogen-bond acceptors (Lipinski definition) is 2. The van der Waals surface area contributed by atoms with Crippen molar-refractivity contribution in [3.63, 3.8) is 0 Å². The van der Waals surface area contributed by atoms with Crippen molar-refractivity contribution in [3.05, 3.63) is 58.9 Å². The van der Waals surface area contributed by atoms with Crippen LogP contribution in [0.4, 0.5) is 5.69 Å². The van der Waals surface area contributed by atoms with Crippen molar-refractivity contribution in [1.82, 2.24) is 4.98 Å². The Kier molecular flexibility index (Phi) is 3.64. The van der Waals surface area contributed by atoms with Crippen molar-refractivity contribution in [2.24, 2.45) is 0 Å². The van der Waals surface area contributed by atoms with Gasteiger partial charge in [0.05, 0.1) is 11.9 Å². The van der Waals surface area contributed by atoms with Gasteiger partial charge < -0.3 is 5.32 Å². The average Bonchev–Trinajstić information content (AvgIpc) is 2.35. The minimum absolute atomic E-state index is 0.249. The van der Waals surface area contributed by atoms with E-state index in [9.17, 15) is 0 Å². The molecule has 88 valence electrons. The highest BCUT2D eigenvalue weighted by Crippen LogP contribution is 2.21. The maximum Gasteiger partial charge on any atom is 0.132 e. The van der Waals surface area contributed by atoms with Gasteiger partial charge in [-0.05, 0) is 31.0 Å². The largest absolute Gasteiger partial charge is 0.377 e. The molecule has 1 heterocycles. The fraction of sp³-hybridized carbons (Fsp3) is 0.214. The molecule has 0 aliphatic carbocycles. The van der Waals surface area contributed by atoms with E-state index in [0.29, 0.717) is 5.15 Å². The molecule has 2 rings (SSSR count). The molecule has 2 aromatic rings. The van der Waals surface area contributed by atoms with E-state index in [4.69, 9.17) is 11.6 Å². The van der Waals surface area contributed by atoms with E-state index in [2.05, 4.69) is 29.4 Å². The van der Waals surface area contributed by atoms with Gasteiger partial charge in [0.2, 0.25) is 0 Å². The fourth-order valence-electron chi connectivity index (χ4n) is 1.71. The van der Waals surface area contributed by atoms with Crippen LogP contribution in [0.2, 0.25) is 5.15 Å². The number of aryl methyl sites for hydroxylation is 1. The van der Waals surface area contributed by atoms with Gasteiger partial charge in [0.1, 0.15) is 5.15 Å². The molecule has 0 spiro atoms. The Hall–Kier alpha value is -1.54. The normalized spacial score (nSPS) is 12.2. The van der Waals surface area contributed by atoms with Crippen molar-refractivity contribution in [3.8, 4) is 0 Å². The summed E-state index contributed by atoms with van der Waals surface area (Å²) in [5.74, 6) is 0. The molecule has 1 aromatic heterocycles. The molecular formula is C14H15ClN2. The van der Waals surface area contributed by atoms with E-state index in [-0.39, 0.29) is 6.04 Å². The maximum absolute atomic E-state index is 5.90. The second-order valence-electron chi connectivity index (χ2n) is 4.11. The summed E-state index contributed by atoms with van der Waals surface area (Å²) in [6.07, 6.45) is 1.76. The molecule has 0 radical (unpaired) electrons. The van der Waals surface area contributed by atoms with Crippen molar-refractivity contribution in [1.29, 1.82) is 0 Å². The van der Waals surface area contributed by atoms with Gasteiger partial charge in [-0.25, -0.2) is 4.98 Å². The predicted octanol–water partition coefficient (Wildman–Crippen LogP) is 4.22. The first-order valence-electron chi connectivity index (χ1n) is 5.60. The summed E-state index contributed by atoms with van der Waals surface area (Å²) in [5.41, 5.74) is 3.22. The van der Waals surface area contributed by atoms with Gasteiger partial charge in [0.25, 0.3) is 0 Å². The van der Waals surface area contributed by atoms with Gasteiger partial charge in [-0.3, -0.25) is 0 Å². The maximum atomic E-state index is 5.90. The number of pyridine rings is 1. The molecule has 1 unspecified atom stereocenters. The van der Waals surface area contributed by atoms with Crippen LogP contribution in [-0.4, -0.2) is 4.98 Å². The second kappa shape index (κ2) is 5.19. The number of rotatable bonds is 3. The number of anilines is 1. The van der Waals surface area contributed by atoms with Gasteiger partial charge >= 0.3 is 0 Å². The number of benzene rings is 1. The Morgan fingerprint density at radius 1 is 1.24 bits per heavy atom. The van der Waals surface area contributed by atoms with E-state index >= 15 is 0 Å². The topological polar surface area (TPSA) is 24.9 Å². The van der Waals surface area contributed by atoms with Gasteiger partial charge in [0, 0.05) is 6.04 Å². The molecule has 1 N–H and O–H groups in total. The molecule has 1 atom stereocenters. The highest BCUT2D eigenvalue weighted by molar-refractivity contribution is 6.30. The Morgan fingerprint density at radius 3 is 2.59 bits per heavy atom. The van der Waals surface area contributed by atoms with E-state index in [1.54, 1.807) is 6.20 Å². The zero-order valence-electron chi connectivity index (χ0n) is 9.94. The molecule has 1 aromatic carbocycles. The SMILES string of the molecule is Cc1cc(NC(C)c2ccccc2)cnc1Cl. The third-order valence-corrected chi connectivity index (χ3v) is 3.09. The lowest BCUT2D eigenvalue weighted by molar-refractivity contribution is 0.882. The Morgan fingerprint density at radius 2 is 1.94 bits per heavy atom. The van der Waals surface area contributed by atoms with Crippen LogP contribution in [0, 0.1) is 6.92 Å². The van der Waals surface area contributed by atoms with E-state index in [1.807, 2.05) is 31.2 Å². The first-order chi connectivity index (χ1) is 8.16. The summed E-state index contributed by atoms with van der Waals surface area (Å²) in [6.45, 7) is 4.08. The third-order valence-electron chi connectivity index (χ3n) is 2.70. The molecule has 0 fully saturated rings. The number of nitrogens with one attached hydrogen (secondary N) is 1. The lowest BCUT2D eigenvalue weighted by Crippen LogP contribution is -2.06. The van der Waals surface area contributed by atoms with Crippen LogP contribution in [0.3, 0.4) is 0 Å². The molecule has 0 saturated carbocycles. The molecule has 2 nitrogen and oxygen atoms in total. The summed E-state index contributed by atoms with van der Waals surface area (Å²) >= 11 is 5.90. The number of nitrogens with zero attached hydrogens (tertiary/aromatic N) is 1. The lowest BCUT2D eigenvalue weighted by atomic mass is 10.1. The molecule has 0 aliphatic heterocycles. The molecule has 3 heteroatoms. The van der Waals surface area contributed by atoms with Crippen molar-refractivity contribution < 1.29 is 0 Å². The van der Waals surface area contributed by atoms with Crippen molar-refractivity contribution in [2.45, 2.75) is 19.9 Å². The minimum Gasteiger partial charge on any atom is -0.377 e. The molecule has 0 saturated heterocycles. The number of halogens is 1. The average molecular weight is 247 g/mol. The summed E-state index contributed by atoms with van der Waals surface area (Å²) in [7, 11) is 0. The first-order valence-corrected chi connectivity index (χ1v) is 5.98. The molecule has 0 amide bonds. The van der Waals surface area contributed by atoms with Crippen LogP contribution in [0.15, 0.2) is 42.6 Å². The molecule has 0 aliphatic rings. The van der Waals surface area contributed by atoms with Gasteiger partial charge in [-0.15, -0.1) is 0 Å². The standard InChI is InChI=1S/C14H15ClN2/c1-10-8-13(9-16-14(10)15)17-11(2)12-6-4-3-5-7-12/h3-9,11,17H,1-2H3. The quantitative estimate of drug-likeness (QED) is 0.821. The summed E-state index contributed by atoms with van der Waals surface area (Å²) in [4.78, 5) is 4.13. The second-order valence-corrected chi connectivity index (χ2v) is 4.47. The highest BCUT2D eigenvalue weighted by Gasteiger charge is 2.05. The van der Waals surface area contributed by atoms with Gasteiger partial charge in [0.15, 0.2) is 0 Å². The smallest absolute Gasteiger partial charge is 0.132 e. The minimum atomic E-state index is 0.249. The first kappa shape index (κ1) is 11.9. The Balaban J connectivity index is 2.13. The van der Waals surface area contributed by atoms with E-state index < -0.39 is 0 Å². The summed E-state index contributed by atoms with van der Waals surface area (Å²) < 4.78 is 0. The fourth-order valence-corrected chi connectivity index (χ4v) is 1.82. The lowest BCUT2D eigenvalue weighted by Gasteiger charge is -2.15. The van der Waals surface area contributed by atoms with Crippen LogP contribution in [0.25, 0.3) is 0 Å². The zero-order chi connectivity index (χ0) is 12.3. The van der Waals surface area contributed by atoms with E-state index in [1.165, 1.54) is 5.56 Å². The van der Waals surface area contributed by atoms with Gasteiger partial charge in [-0.2, -0.15) is 0 Å². The van der Waals surface area contributed by atoms with Crippen molar-refractivity contribution >= 4 is 17.3 Å². The van der Waals surface area contributed by atoms with Crippen LogP contribution >= 0.6 is 11.6 Å². The predicted molar refractivity (Wildman–Crippen MR) is 72.5 cm³/mol. The van der Waals surface area contributed by atoms with Crippen LogP contribution in [0.1, 0.15) is 24.1 Å². The van der Waals surface area contributed by atoms with Crippen LogP contribution in [-0.2, 0) is 0 Å². The van der Waals surface area contributed by atoms with Crippen LogP contribution < -0.4 is 5.32 Å².